The van der Waals surface area contributed by atoms with Crippen molar-refractivity contribution in [2.75, 3.05) is 5.32 Å². The number of benzene rings is 4. The Balaban J connectivity index is 1.59. The molecule has 0 saturated heterocycles. The molecular weight excluding hydrogens is 502 g/mol. The Bertz CT molecular complexity index is 1570. The molecular formula is C30H24F2N4OS. The molecule has 0 aliphatic heterocycles. The van der Waals surface area contributed by atoms with E-state index in [1.807, 2.05) is 92.7 Å². The van der Waals surface area contributed by atoms with Crippen LogP contribution in [0, 0.1) is 25.5 Å². The number of nitrogens with one attached hydrogen (secondary N) is 1. The molecule has 1 amide bonds. The smallest absolute Gasteiger partial charge is 0.242 e. The van der Waals surface area contributed by atoms with Gasteiger partial charge in [0.15, 0.2) is 11.0 Å². The number of aryl methyl sites for hydroxylation is 2. The van der Waals surface area contributed by atoms with Gasteiger partial charge in [0.05, 0.1) is 5.69 Å². The second kappa shape index (κ2) is 11.0. The number of carbonyl (C=O) groups is 1. The molecule has 5 aromatic rings. The molecule has 1 atom stereocenters. The van der Waals surface area contributed by atoms with Crippen LogP contribution in [0.3, 0.4) is 0 Å². The average Bonchev–Trinajstić information content (AvgIpc) is 3.31. The van der Waals surface area contributed by atoms with Crippen LogP contribution < -0.4 is 5.32 Å². The summed E-state index contributed by atoms with van der Waals surface area (Å²) in [5.74, 6) is -1.34. The molecule has 5 nitrogen and oxygen atoms in total. The SMILES string of the molecule is Cc1cc(C)cc(NC(=O)C(Sc2nnc(-c3ccccc3)n2-c2ccc(F)cc2F)c2ccccc2)c1. The van der Waals surface area contributed by atoms with Crippen molar-refractivity contribution in [2.24, 2.45) is 0 Å². The minimum Gasteiger partial charge on any atom is -0.325 e. The van der Waals surface area contributed by atoms with Crippen LogP contribution in [0.4, 0.5) is 14.5 Å². The Morgan fingerprint density at radius 3 is 2.16 bits per heavy atom. The van der Waals surface area contributed by atoms with Crippen LogP contribution in [0.25, 0.3) is 17.1 Å². The quantitative estimate of drug-likeness (QED) is 0.226. The first-order valence-electron chi connectivity index (χ1n) is 12.0. The number of hydrogen-bond acceptors (Lipinski definition) is 4. The van der Waals surface area contributed by atoms with Crippen LogP contribution in [-0.4, -0.2) is 20.7 Å². The maximum Gasteiger partial charge on any atom is 0.242 e. The molecule has 0 saturated carbocycles. The first-order chi connectivity index (χ1) is 18.4. The van der Waals surface area contributed by atoms with Gasteiger partial charge >= 0.3 is 0 Å². The minimum absolute atomic E-state index is 0.0827. The van der Waals surface area contributed by atoms with Gasteiger partial charge in [0.2, 0.25) is 5.91 Å². The summed E-state index contributed by atoms with van der Waals surface area (Å²) >= 11 is 1.14. The van der Waals surface area contributed by atoms with Crippen molar-refractivity contribution in [1.29, 1.82) is 0 Å². The Kier molecular flexibility index (Phi) is 7.33. The van der Waals surface area contributed by atoms with Gasteiger partial charge < -0.3 is 5.32 Å². The van der Waals surface area contributed by atoms with Crippen molar-refractivity contribution in [2.45, 2.75) is 24.3 Å². The van der Waals surface area contributed by atoms with E-state index < -0.39 is 16.9 Å². The van der Waals surface area contributed by atoms with Gasteiger partial charge in [-0.15, -0.1) is 10.2 Å². The van der Waals surface area contributed by atoms with Gasteiger partial charge in [0.1, 0.15) is 16.9 Å². The monoisotopic (exact) mass is 526 g/mol. The number of hydrogen-bond donors (Lipinski definition) is 1. The van der Waals surface area contributed by atoms with E-state index in [1.165, 1.54) is 16.7 Å². The molecule has 1 heterocycles. The summed E-state index contributed by atoms with van der Waals surface area (Å²) < 4.78 is 30.4. The first-order valence-corrected chi connectivity index (χ1v) is 12.8. The Labute approximate surface area is 223 Å². The molecule has 1 unspecified atom stereocenters. The fourth-order valence-corrected chi connectivity index (χ4v) is 5.31. The van der Waals surface area contributed by atoms with Gasteiger partial charge in [-0.2, -0.15) is 0 Å². The van der Waals surface area contributed by atoms with E-state index in [9.17, 15) is 9.18 Å². The van der Waals surface area contributed by atoms with E-state index in [4.69, 9.17) is 0 Å². The molecule has 0 aliphatic carbocycles. The summed E-state index contributed by atoms with van der Waals surface area (Å²) in [7, 11) is 0. The summed E-state index contributed by atoms with van der Waals surface area (Å²) in [5, 5.41) is 11.3. The highest BCUT2D eigenvalue weighted by Crippen LogP contribution is 2.38. The van der Waals surface area contributed by atoms with Crippen LogP contribution in [0.2, 0.25) is 0 Å². The number of halogens is 2. The molecule has 5 rings (SSSR count). The van der Waals surface area contributed by atoms with Crippen molar-refractivity contribution in [3.63, 3.8) is 0 Å². The highest BCUT2D eigenvalue weighted by Gasteiger charge is 2.27. The van der Waals surface area contributed by atoms with E-state index >= 15 is 4.39 Å². The summed E-state index contributed by atoms with van der Waals surface area (Å²) in [5.41, 5.74) is 4.28. The lowest BCUT2D eigenvalue weighted by Gasteiger charge is -2.18. The summed E-state index contributed by atoms with van der Waals surface area (Å²) in [6.45, 7) is 3.94. The van der Waals surface area contributed by atoms with Crippen molar-refractivity contribution in [1.82, 2.24) is 14.8 Å². The number of anilines is 1. The Morgan fingerprint density at radius 1 is 0.842 bits per heavy atom. The molecule has 8 heteroatoms. The fraction of sp³-hybridized carbons (Fsp3) is 0.100. The van der Waals surface area contributed by atoms with Crippen molar-refractivity contribution >= 4 is 23.4 Å². The van der Waals surface area contributed by atoms with Gasteiger partial charge in [-0.3, -0.25) is 9.36 Å². The molecule has 1 N–H and O–H groups in total. The predicted octanol–water partition coefficient (Wildman–Crippen LogP) is 7.30. The third-order valence-electron chi connectivity index (χ3n) is 5.87. The van der Waals surface area contributed by atoms with Gasteiger partial charge in [-0.1, -0.05) is 78.5 Å². The fourth-order valence-electron chi connectivity index (χ4n) is 4.26. The third-order valence-corrected chi connectivity index (χ3v) is 7.07. The average molecular weight is 527 g/mol. The largest absolute Gasteiger partial charge is 0.325 e. The highest BCUT2D eigenvalue weighted by atomic mass is 32.2. The Morgan fingerprint density at radius 2 is 1.50 bits per heavy atom. The van der Waals surface area contributed by atoms with E-state index in [0.717, 1.165) is 34.5 Å². The zero-order valence-electron chi connectivity index (χ0n) is 20.7. The number of aromatic nitrogens is 3. The van der Waals surface area contributed by atoms with E-state index in [1.54, 1.807) is 0 Å². The number of rotatable bonds is 7. The van der Waals surface area contributed by atoms with Gasteiger partial charge in [-0.25, -0.2) is 8.78 Å². The van der Waals surface area contributed by atoms with Crippen LogP contribution >= 0.6 is 11.8 Å². The standard InChI is InChI=1S/C30H24F2N4OS/c1-19-15-20(2)17-24(16-19)33-29(37)27(21-9-5-3-6-10-21)38-30-35-34-28(22-11-7-4-8-12-22)36(30)26-14-13-23(31)18-25(26)32/h3-18,27H,1-2H3,(H,33,37). The summed E-state index contributed by atoms with van der Waals surface area (Å²) in [6, 6.07) is 27.7. The van der Waals surface area contributed by atoms with Crippen LogP contribution in [-0.2, 0) is 4.79 Å². The second-order valence-electron chi connectivity index (χ2n) is 8.88. The van der Waals surface area contributed by atoms with E-state index in [2.05, 4.69) is 15.5 Å². The topological polar surface area (TPSA) is 59.8 Å². The maximum absolute atomic E-state index is 15.1. The maximum atomic E-state index is 15.1. The zero-order chi connectivity index (χ0) is 26.6. The van der Waals surface area contributed by atoms with E-state index in [0.29, 0.717) is 22.2 Å². The van der Waals surface area contributed by atoms with Gasteiger partial charge in [0, 0.05) is 17.3 Å². The molecule has 0 radical (unpaired) electrons. The predicted molar refractivity (Wildman–Crippen MR) is 146 cm³/mol. The molecule has 0 fully saturated rings. The van der Waals surface area contributed by atoms with Crippen LogP contribution in [0.15, 0.2) is 102 Å². The minimum atomic E-state index is -0.764. The van der Waals surface area contributed by atoms with Crippen molar-refractivity contribution < 1.29 is 13.6 Å². The molecule has 190 valence electrons. The van der Waals surface area contributed by atoms with Crippen molar-refractivity contribution in [3.8, 4) is 17.1 Å². The highest BCUT2D eigenvalue weighted by molar-refractivity contribution is 8.00. The first kappa shape index (κ1) is 25.4. The molecule has 1 aromatic heterocycles. The number of carbonyl (C=O) groups excluding carboxylic acids is 1. The third kappa shape index (κ3) is 5.50. The van der Waals surface area contributed by atoms with Gasteiger partial charge in [-0.05, 0) is 54.8 Å². The lowest BCUT2D eigenvalue weighted by molar-refractivity contribution is -0.115. The molecule has 4 aromatic carbocycles. The summed E-state index contributed by atoms with van der Waals surface area (Å²) in [4.78, 5) is 13.7. The van der Waals surface area contributed by atoms with Crippen molar-refractivity contribution in [3.05, 3.63) is 125 Å². The Hall–Kier alpha value is -4.30. The van der Waals surface area contributed by atoms with Gasteiger partial charge in [0.25, 0.3) is 0 Å². The molecule has 0 aliphatic rings. The summed E-state index contributed by atoms with van der Waals surface area (Å²) in [6.07, 6.45) is 0. The molecule has 38 heavy (non-hydrogen) atoms. The van der Waals surface area contributed by atoms with Crippen LogP contribution in [0.5, 0.6) is 0 Å². The van der Waals surface area contributed by atoms with Crippen LogP contribution in [0.1, 0.15) is 21.9 Å². The zero-order valence-corrected chi connectivity index (χ0v) is 21.5. The second-order valence-corrected chi connectivity index (χ2v) is 9.95. The number of thioether (sulfide) groups is 1. The molecule has 0 spiro atoms. The lowest BCUT2D eigenvalue weighted by Crippen LogP contribution is -2.19. The number of amides is 1. The normalized spacial score (nSPS) is 11.8. The van der Waals surface area contributed by atoms with E-state index in [-0.39, 0.29) is 11.6 Å². The number of nitrogens with zero attached hydrogens (tertiary/aromatic N) is 3. The lowest BCUT2D eigenvalue weighted by atomic mass is 10.1. The molecule has 0 bridgehead atoms.